The van der Waals surface area contributed by atoms with Crippen LogP contribution in [0.1, 0.15) is 29.7 Å². The van der Waals surface area contributed by atoms with Gasteiger partial charge in [-0.3, -0.25) is 4.98 Å². The Kier molecular flexibility index (Phi) is 7.68. The second-order valence-electron chi connectivity index (χ2n) is 8.55. The van der Waals surface area contributed by atoms with E-state index in [9.17, 15) is 22.4 Å². The lowest BCUT2D eigenvalue weighted by Crippen LogP contribution is -2.53. The molecule has 1 saturated heterocycles. The molecule has 1 aliphatic heterocycles. The number of amides is 2. The van der Waals surface area contributed by atoms with Crippen LogP contribution in [-0.4, -0.2) is 41.5 Å². The van der Waals surface area contributed by atoms with E-state index in [1.807, 2.05) is 30.3 Å². The van der Waals surface area contributed by atoms with Gasteiger partial charge in [0.05, 0.1) is 10.7 Å². The summed E-state index contributed by atoms with van der Waals surface area (Å²) in [6.07, 6.45) is -5.35. The fourth-order valence-electron chi connectivity index (χ4n) is 4.26. The highest BCUT2D eigenvalue weighted by atomic mass is 35.5. The number of likely N-dealkylation sites (tertiary alicyclic amines) is 1. The highest BCUT2D eigenvalue weighted by Crippen LogP contribution is 2.37. The smallest absolute Gasteiger partial charge is 0.428 e. The first-order chi connectivity index (χ1) is 17.2. The van der Waals surface area contributed by atoms with Gasteiger partial charge in [-0.2, -0.15) is 17.6 Å². The van der Waals surface area contributed by atoms with Crippen LogP contribution in [0, 0.1) is 0 Å². The molecular formula is C26H24ClF4N3O2. The molecule has 0 bridgehead atoms. The van der Waals surface area contributed by atoms with E-state index in [-0.39, 0.29) is 12.5 Å². The molecule has 10 heteroatoms. The van der Waals surface area contributed by atoms with Crippen molar-refractivity contribution in [3.8, 4) is 5.75 Å². The van der Waals surface area contributed by atoms with Crippen molar-refractivity contribution >= 4 is 17.6 Å². The van der Waals surface area contributed by atoms with Gasteiger partial charge in [-0.1, -0.05) is 54.1 Å². The van der Waals surface area contributed by atoms with Crippen molar-refractivity contribution in [1.29, 1.82) is 0 Å². The number of aromatic nitrogens is 1. The van der Waals surface area contributed by atoms with Crippen LogP contribution in [0.25, 0.3) is 0 Å². The lowest BCUT2D eigenvalue weighted by Gasteiger charge is -2.37. The molecule has 3 aromatic rings. The van der Waals surface area contributed by atoms with Gasteiger partial charge in [0.25, 0.3) is 0 Å². The summed E-state index contributed by atoms with van der Waals surface area (Å²) in [5.74, 6) is -0.473. The average molecular weight is 522 g/mol. The Morgan fingerprint density at radius 2 is 1.78 bits per heavy atom. The monoisotopic (exact) mass is 521 g/mol. The average Bonchev–Trinajstić information content (AvgIpc) is 3.40. The van der Waals surface area contributed by atoms with E-state index in [4.69, 9.17) is 11.6 Å². The number of hydrogen-bond donors (Lipinski definition) is 1. The fraction of sp³-hybridized carbons (Fsp3) is 0.308. The summed E-state index contributed by atoms with van der Waals surface area (Å²) in [5, 5.41) is 3.44. The van der Waals surface area contributed by atoms with Crippen molar-refractivity contribution in [2.75, 3.05) is 13.1 Å². The van der Waals surface area contributed by atoms with Crippen LogP contribution >= 0.6 is 11.6 Å². The normalized spacial score (nSPS) is 15.6. The van der Waals surface area contributed by atoms with E-state index < -0.39 is 23.8 Å². The highest BCUT2D eigenvalue weighted by Gasteiger charge is 2.45. The number of pyridine rings is 1. The largest absolute Gasteiger partial charge is 0.461 e. The van der Waals surface area contributed by atoms with Crippen LogP contribution in [0.15, 0.2) is 72.9 Å². The first-order valence-electron chi connectivity index (χ1n) is 11.4. The van der Waals surface area contributed by atoms with Gasteiger partial charge in [-0.25, -0.2) is 4.79 Å². The number of benzene rings is 2. The highest BCUT2D eigenvalue weighted by molar-refractivity contribution is 6.30. The summed E-state index contributed by atoms with van der Waals surface area (Å²) < 4.78 is 57.4. The van der Waals surface area contributed by atoms with Crippen LogP contribution in [0.5, 0.6) is 5.75 Å². The minimum atomic E-state index is -4.68. The van der Waals surface area contributed by atoms with Gasteiger partial charge in [-0.05, 0) is 48.2 Å². The summed E-state index contributed by atoms with van der Waals surface area (Å²) in [5.41, 5.74) is 0.183. The molecule has 1 fully saturated rings. The number of urea groups is 1. The first kappa shape index (κ1) is 25.8. The minimum Gasteiger partial charge on any atom is -0.428 e. The Morgan fingerprint density at radius 3 is 2.42 bits per heavy atom. The summed E-state index contributed by atoms with van der Waals surface area (Å²) in [6.45, 7) is 1.15. The maximum absolute atomic E-state index is 13.7. The molecule has 1 aromatic heterocycles. The predicted molar refractivity (Wildman–Crippen MR) is 128 cm³/mol. The molecule has 1 aliphatic rings. The molecule has 2 aromatic carbocycles. The zero-order valence-corrected chi connectivity index (χ0v) is 19.9. The molecule has 0 spiro atoms. The Hall–Kier alpha value is -3.33. The second-order valence-corrected chi connectivity index (χ2v) is 8.98. The quantitative estimate of drug-likeness (QED) is 0.356. The van der Waals surface area contributed by atoms with Crippen molar-refractivity contribution < 1.29 is 27.1 Å². The number of rotatable bonds is 8. The molecule has 1 atom stereocenters. The van der Waals surface area contributed by atoms with Gasteiger partial charge < -0.3 is 15.0 Å². The van der Waals surface area contributed by atoms with Crippen LogP contribution < -0.4 is 10.1 Å². The Morgan fingerprint density at radius 1 is 1.06 bits per heavy atom. The number of alkyl halides is 4. The van der Waals surface area contributed by atoms with E-state index in [0.29, 0.717) is 29.4 Å². The van der Waals surface area contributed by atoms with E-state index in [1.165, 1.54) is 18.3 Å². The SMILES string of the molecule is O=C(NC(Cc1ccccc1)(c1cccc(OC(F)(F)C(F)F)c1)c1ccc(Cl)cn1)N1CCCC1. The number of hydrogen-bond acceptors (Lipinski definition) is 3. The summed E-state index contributed by atoms with van der Waals surface area (Å²) in [4.78, 5) is 19.5. The Labute approximate surface area is 211 Å². The summed E-state index contributed by atoms with van der Waals surface area (Å²) >= 11 is 6.07. The lowest BCUT2D eigenvalue weighted by molar-refractivity contribution is -0.253. The molecule has 36 heavy (non-hydrogen) atoms. The van der Waals surface area contributed by atoms with Gasteiger partial charge in [0.1, 0.15) is 11.3 Å². The second kappa shape index (κ2) is 10.7. The predicted octanol–water partition coefficient (Wildman–Crippen LogP) is 6.26. The van der Waals surface area contributed by atoms with Gasteiger partial charge in [0.2, 0.25) is 0 Å². The number of nitrogens with zero attached hydrogens (tertiary/aromatic N) is 2. The Balaban J connectivity index is 1.85. The van der Waals surface area contributed by atoms with E-state index in [2.05, 4.69) is 15.0 Å². The summed E-state index contributed by atoms with van der Waals surface area (Å²) in [6, 6.07) is 17.5. The molecule has 2 heterocycles. The third-order valence-corrected chi connectivity index (χ3v) is 6.25. The van der Waals surface area contributed by atoms with Gasteiger partial charge in [0.15, 0.2) is 0 Å². The van der Waals surface area contributed by atoms with E-state index in [0.717, 1.165) is 24.5 Å². The maximum atomic E-state index is 13.7. The number of carbonyl (C=O) groups excluding carboxylic acids is 1. The van der Waals surface area contributed by atoms with E-state index >= 15 is 0 Å². The third kappa shape index (κ3) is 5.73. The van der Waals surface area contributed by atoms with Crippen molar-refractivity contribution in [2.24, 2.45) is 0 Å². The molecule has 0 saturated carbocycles. The summed E-state index contributed by atoms with van der Waals surface area (Å²) in [7, 11) is 0. The van der Waals surface area contributed by atoms with Crippen LogP contribution in [0.3, 0.4) is 0 Å². The third-order valence-electron chi connectivity index (χ3n) is 6.03. The molecule has 5 nitrogen and oxygen atoms in total. The molecule has 190 valence electrons. The van der Waals surface area contributed by atoms with Crippen molar-refractivity contribution in [3.63, 3.8) is 0 Å². The van der Waals surface area contributed by atoms with Crippen molar-refractivity contribution in [3.05, 3.63) is 94.8 Å². The topological polar surface area (TPSA) is 54.5 Å². The zero-order chi connectivity index (χ0) is 25.8. The number of carbonyl (C=O) groups is 1. The number of ether oxygens (including phenoxy) is 1. The molecule has 4 rings (SSSR count). The zero-order valence-electron chi connectivity index (χ0n) is 19.1. The Bertz CT molecular complexity index is 1180. The molecule has 0 aliphatic carbocycles. The fourth-order valence-corrected chi connectivity index (χ4v) is 4.37. The minimum absolute atomic E-state index is 0.191. The number of halogens is 5. The van der Waals surface area contributed by atoms with Gasteiger partial charge >= 0.3 is 18.6 Å². The number of nitrogens with one attached hydrogen (secondary N) is 1. The van der Waals surface area contributed by atoms with E-state index in [1.54, 1.807) is 23.1 Å². The van der Waals surface area contributed by atoms with Crippen LogP contribution in [-0.2, 0) is 12.0 Å². The van der Waals surface area contributed by atoms with Gasteiger partial charge in [-0.15, -0.1) is 0 Å². The van der Waals surface area contributed by atoms with Gasteiger partial charge in [0, 0.05) is 25.7 Å². The van der Waals surface area contributed by atoms with Crippen LogP contribution in [0.2, 0.25) is 5.02 Å². The first-order valence-corrected chi connectivity index (χ1v) is 11.8. The molecule has 1 unspecified atom stereocenters. The van der Waals surface area contributed by atoms with Crippen LogP contribution in [0.4, 0.5) is 22.4 Å². The standard InChI is InChI=1S/C26H24ClF4N3O2/c27-20-11-12-22(32-17-20)25(16-18-7-2-1-3-8-18,33-24(35)34-13-4-5-14-34)19-9-6-10-21(15-19)36-26(30,31)23(28)29/h1-3,6-12,15,17,23H,4-5,13-14,16H2,(H,33,35). The lowest BCUT2D eigenvalue weighted by atomic mass is 9.80. The molecular weight excluding hydrogens is 498 g/mol. The maximum Gasteiger partial charge on any atom is 0.461 e. The molecule has 0 radical (unpaired) electrons. The molecule has 2 amide bonds. The van der Waals surface area contributed by atoms with Crippen molar-refractivity contribution in [1.82, 2.24) is 15.2 Å². The van der Waals surface area contributed by atoms with Crippen molar-refractivity contribution in [2.45, 2.75) is 37.3 Å². The molecule has 1 N–H and O–H groups in total.